The van der Waals surface area contributed by atoms with Crippen LogP contribution in [0, 0.1) is 23.7 Å². The second-order valence-corrected chi connectivity index (χ2v) is 4.57. The first-order chi connectivity index (χ1) is 5.35. The van der Waals surface area contributed by atoms with Crippen molar-refractivity contribution in [3.05, 3.63) is 0 Å². The van der Waals surface area contributed by atoms with E-state index in [1.807, 2.05) is 0 Å². The zero-order valence-corrected chi connectivity index (χ0v) is 7.84. The lowest BCUT2D eigenvalue weighted by Crippen LogP contribution is -2.18. The van der Waals surface area contributed by atoms with Gasteiger partial charge >= 0.3 is 0 Å². The van der Waals surface area contributed by atoms with Crippen LogP contribution < -0.4 is 0 Å². The monoisotopic (exact) mass is 152 g/mol. The van der Waals surface area contributed by atoms with Crippen molar-refractivity contribution < 1.29 is 0 Å². The van der Waals surface area contributed by atoms with Crippen molar-refractivity contribution in [2.45, 2.75) is 46.0 Å². The predicted molar refractivity (Wildman–Crippen MR) is 48.4 cm³/mol. The fraction of sp³-hybridized carbons (Fsp3) is 1.00. The Labute approximate surface area is 70.4 Å². The van der Waals surface area contributed by atoms with Crippen molar-refractivity contribution in [3.63, 3.8) is 0 Å². The molecule has 2 fully saturated rings. The molecule has 0 aromatic carbocycles. The van der Waals surface area contributed by atoms with Crippen LogP contribution in [0.1, 0.15) is 46.0 Å². The van der Waals surface area contributed by atoms with Gasteiger partial charge in [0.25, 0.3) is 0 Å². The first kappa shape index (κ1) is 7.64. The van der Waals surface area contributed by atoms with E-state index >= 15 is 0 Å². The maximum Gasteiger partial charge on any atom is -0.0355 e. The Kier molecular flexibility index (Phi) is 1.95. The second-order valence-electron chi connectivity index (χ2n) is 4.57. The van der Waals surface area contributed by atoms with Gasteiger partial charge < -0.3 is 0 Å². The van der Waals surface area contributed by atoms with Gasteiger partial charge in [0, 0.05) is 0 Å². The third-order valence-electron chi connectivity index (χ3n) is 4.14. The largest absolute Gasteiger partial charge is 0.0651 e. The molecule has 2 unspecified atom stereocenters. The highest BCUT2D eigenvalue weighted by Crippen LogP contribution is 2.53. The van der Waals surface area contributed by atoms with Gasteiger partial charge in [0.2, 0.25) is 0 Å². The number of hydrogen-bond donors (Lipinski definition) is 0. The minimum absolute atomic E-state index is 1.11. The molecule has 64 valence electrons. The number of rotatable bonds is 2. The average molecular weight is 152 g/mol. The van der Waals surface area contributed by atoms with E-state index in [0.717, 1.165) is 23.7 Å². The Morgan fingerprint density at radius 1 is 0.909 bits per heavy atom. The van der Waals surface area contributed by atoms with Crippen LogP contribution >= 0.6 is 0 Å². The Morgan fingerprint density at radius 2 is 1.45 bits per heavy atom. The Balaban J connectivity index is 2.02. The van der Waals surface area contributed by atoms with Gasteiger partial charge in [-0.25, -0.2) is 0 Å². The first-order valence-corrected chi connectivity index (χ1v) is 5.35. The molecular weight excluding hydrogens is 132 g/mol. The standard InChI is InChI=1S/C11H20/c1-3-9-5-8-6-10(4-2)11(9)7-8/h8-11H,3-7H2,1-2H3. The molecule has 2 bridgehead atoms. The summed E-state index contributed by atoms with van der Waals surface area (Å²) >= 11 is 0. The summed E-state index contributed by atoms with van der Waals surface area (Å²) in [5.41, 5.74) is 0. The lowest BCUT2D eigenvalue weighted by molar-refractivity contribution is 0.227. The van der Waals surface area contributed by atoms with Gasteiger partial charge in [-0.1, -0.05) is 26.7 Å². The van der Waals surface area contributed by atoms with Gasteiger partial charge in [-0.05, 0) is 42.9 Å². The molecule has 0 saturated heterocycles. The van der Waals surface area contributed by atoms with E-state index in [1.165, 1.54) is 12.8 Å². The molecule has 0 nitrogen and oxygen atoms in total. The summed E-state index contributed by atoms with van der Waals surface area (Å²) < 4.78 is 0. The Morgan fingerprint density at radius 3 is 1.82 bits per heavy atom. The van der Waals surface area contributed by atoms with Crippen LogP contribution in [0.2, 0.25) is 0 Å². The van der Waals surface area contributed by atoms with Gasteiger partial charge in [-0.15, -0.1) is 0 Å². The molecule has 2 atom stereocenters. The molecule has 0 heterocycles. The Hall–Kier alpha value is 0. The second kappa shape index (κ2) is 2.80. The molecule has 2 aliphatic rings. The van der Waals surface area contributed by atoms with E-state index in [0.29, 0.717) is 0 Å². The lowest BCUT2D eigenvalue weighted by atomic mass is 9.78. The molecule has 0 amide bonds. The molecule has 0 N–H and O–H groups in total. The summed E-state index contributed by atoms with van der Waals surface area (Å²) in [6.45, 7) is 4.75. The van der Waals surface area contributed by atoms with Gasteiger partial charge in [-0.3, -0.25) is 0 Å². The molecule has 2 rings (SSSR count). The van der Waals surface area contributed by atoms with Crippen LogP contribution in [0.5, 0.6) is 0 Å². The molecule has 0 radical (unpaired) electrons. The molecule has 0 aromatic rings. The summed E-state index contributed by atoms with van der Waals surface area (Å²) in [5.74, 6) is 4.49. The maximum absolute atomic E-state index is 2.37. The number of hydrogen-bond acceptors (Lipinski definition) is 0. The third-order valence-corrected chi connectivity index (χ3v) is 4.14. The smallest absolute Gasteiger partial charge is 0.0355 e. The van der Waals surface area contributed by atoms with Gasteiger partial charge in [0.1, 0.15) is 0 Å². The van der Waals surface area contributed by atoms with E-state index in [2.05, 4.69) is 13.8 Å². The molecule has 11 heavy (non-hydrogen) atoms. The van der Waals surface area contributed by atoms with Gasteiger partial charge in [0.05, 0.1) is 0 Å². The summed E-state index contributed by atoms with van der Waals surface area (Å²) in [6, 6.07) is 0. The Bertz CT molecular complexity index is 125. The lowest BCUT2D eigenvalue weighted by Gasteiger charge is -2.27. The van der Waals surface area contributed by atoms with Crippen molar-refractivity contribution in [2.24, 2.45) is 23.7 Å². The molecule has 0 heteroatoms. The average Bonchev–Trinajstić information content (AvgIpc) is 2.60. The van der Waals surface area contributed by atoms with Crippen molar-refractivity contribution in [1.29, 1.82) is 0 Å². The van der Waals surface area contributed by atoms with Crippen molar-refractivity contribution in [3.8, 4) is 0 Å². The molecule has 0 aromatic heterocycles. The van der Waals surface area contributed by atoms with Crippen molar-refractivity contribution in [1.82, 2.24) is 0 Å². The minimum atomic E-state index is 1.11. The van der Waals surface area contributed by atoms with Gasteiger partial charge in [0.15, 0.2) is 0 Å². The predicted octanol–water partition coefficient (Wildman–Crippen LogP) is 3.47. The highest BCUT2D eigenvalue weighted by Gasteiger charge is 2.43. The van der Waals surface area contributed by atoms with Crippen LogP contribution in [-0.4, -0.2) is 0 Å². The zero-order chi connectivity index (χ0) is 7.84. The van der Waals surface area contributed by atoms with E-state index in [4.69, 9.17) is 0 Å². The third kappa shape index (κ3) is 1.11. The highest BCUT2D eigenvalue weighted by molar-refractivity contribution is 4.94. The fourth-order valence-electron chi connectivity index (χ4n) is 3.59. The highest BCUT2D eigenvalue weighted by atomic mass is 14.5. The van der Waals surface area contributed by atoms with E-state index in [9.17, 15) is 0 Å². The summed E-state index contributed by atoms with van der Waals surface area (Å²) in [4.78, 5) is 0. The normalized spacial score (nSPS) is 48.5. The zero-order valence-electron chi connectivity index (χ0n) is 7.84. The molecule has 2 saturated carbocycles. The van der Waals surface area contributed by atoms with Crippen molar-refractivity contribution in [2.75, 3.05) is 0 Å². The SMILES string of the molecule is CCC1CC2CC(CC)C1C2. The summed E-state index contributed by atoms with van der Waals surface area (Å²) in [5, 5.41) is 0. The van der Waals surface area contributed by atoms with E-state index in [-0.39, 0.29) is 0 Å². The number of fused-ring (bicyclic) bond motifs is 2. The van der Waals surface area contributed by atoms with Gasteiger partial charge in [-0.2, -0.15) is 0 Å². The van der Waals surface area contributed by atoms with Crippen LogP contribution in [0.3, 0.4) is 0 Å². The minimum Gasteiger partial charge on any atom is -0.0651 e. The fourth-order valence-corrected chi connectivity index (χ4v) is 3.59. The molecule has 2 aliphatic carbocycles. The van der Waals surface area contributed by atoms with Crippen LogP contribution in [0.25, 0.3) is 0 Å². The summed E-state index contributed by atoms with van der Waals surface area (Å²) in [7, 11) is 0. The summed E-state index contributed by atoms with van der Waals surface area (Å²) in [6.07, 6.45) is 7.60. The van der Waals surface area contributed by atoms with Crippen LogP contribution in [-0.2, 0) is 0 Å². The molecule has 0 aliphatic heterocycles. The molecular formula is C11H20. The molecule has 0 spiro atoms. The van der Waals surface area contributed by atoms with E-state index < -0.39 is 0 Å². The maximum atomic E-state index is 2.37. The first-order valence-electron chi connectivity index (χ1n) is 5.35. The van der Waals surface area contributed by atoms with E-state index in [1.54, 1.807) is 19.3 Å². The topological polar surface area (TPSA) is 0 Å². The van der Waals surface area contributed by atoms with Crippen molar-refractivity contribution >= 4 is 0 Å². The van der Waals surface area contributed by atoms with Crippen LogP contribution in [0.4, 0.5) is 0 Å². The van der Waals surface area contributed by atoms with Crippen LogP contribution in [0.15, 0.2) is 0 Å². The quantitative estimate of drug-likeness (QED) is 0.568.